The fraction of sp³-hybridized carbons (Fsp3) is 0.556. The number of rotatable bonds is 4. The van der Waals surface area contributed by atoms with Gasteiger partial charge in [-0.05, 0) is 12.0 Å². The van der Waals surface area contributed by atoms with E-state index in [4.69, 9.17) is 0 Å². The number of hydrogen-bond donors (Lipinski definition) is 1. The van der Waals surface area contributed by atoms with Crippen LogP contribution in [0.25, 0.3) is 0 Å². The van der Waals surface area contributed by atoms with Gasteiger partial charge in [0, 0.05) is 19.8 Å². The number of amides is 1. The van der Waals surface area contributed by atoms with Gasteiger partial charge in [0.25, 0.3) is 5.91 Å². The van der Waals surface area contributed by atoms with Crippen molar-refractivity contribution in [1.29, 1.82) is 0 Å². The Morgan fingerprint density at radius 1 is 1.39 bits per heavy atom. The molecule has 0 fully saturated rings. The average molecular weight is 271 g/mol. The Bertz CT molecular complexity index is 426. The van der Waals surface area contributed by atoms with Crippen LogP contribution in [0, 0.1) is 0 Å². The Morgan fingerprint density at radius 2 is 2.00 bits per heavy atom. The lowest BCUT2D eigenvalue weighted by atomic mass is 10.2. The molecular weight excluding hydrogens is 261 g/mol. The highest BCUT2D eigenvalue weighted by atomic mass is 19.4. The van der Waals surface area contributed by atoms with Crippen molar-refractivity contribution in [2.75, 3.05) is 6.54 Å². The minimum Gasteiger partial charge on any atom is -0.350 e. The quantitative estimate of drug-likeness (QED) is 0.838. The van der Waals surface area contributed by atoms with E-state index in [-0.39, 0.29) is 13.0 Å². The van der Waals surface area contributed by atoms with Crippen molar-refractivity contribution in [3.05, 3.63) is 18.0 Å². The van der Waals surface area contributed by atoms with Crippen LogP contribution >= 0.6 is 0 Å². The largest absolute Gasteiger partial charge is 0.463 e. The molecule has 0 saturated carbocycles. The second-order valence-corrected chi connectivity index (χ2v) is 3.60. The lowest BCUT2D eigenvalue weighted by Gasteiger charge is -2.18. The van der Waals surface area contributed by atoms with Gasteiger partial charge >= 0.3 is 12.1 Å². The van der Waals surface area contributed by atoms with Crippen LogP contribution in [0.1, 0.15) is 5.56 Å². The van der Waals surface area contributed by atoms with Crippen LogP contribution in [0.4, 0.5) is 22.0 Å². The summed E-state index contributed by atoms with van der Waals surface area (Å²) in [4.78, 5) is 10.7. The normalized spacial score (nSPS) is 12.6. The van der Waals surface area contributed by atoms with Gasteiger partial charge in [0.15, 0.2) is 0 Å². The molecule has 1 heterocycles. The minimum atomic E-state index is -5.88. The molecule has 1 aromatic heterocycles. The van der Waals surface area contributed by atoms with Crippen LogP contribution in [0.3, 0.4) is 0 Å². The zero-order valence-corrected chi connectivity index (χ0v) is 9.26. The molecule has 1 aromatic rings. The van der Waals surface area contributed by atoms with E-state index in [0.717, 1.165) is 0 Å². The summed E-state index contributed by atoms with van der Waals surface area (Å²) in [5, 5.41) is 5.32. The Morgan fingerprint density at radius 3 is 2.44 bits per heavy atom. The van der Waals surface area contributed by atoms with E-state index in [9.17, 15) is 26.7 Å². The molecule has 0 unspecified atom stereocenters. The topological polar surface area (TPSA) is 46.9 Å². The summed E-state index contributed by atoms with van der Waals surface area (Å²) in [5.74, 6) is -7.72. The van der Waals surface area contributed by atoms with Crippen LogP contribution in [0.5, 0.6) is 0 Å². The third-order valence-corrected chi connectivity index (χ3v) is 2.10. The van der Waals surface area contributed by atoms with Crippen molar-refractivity contribution in [3.63, 3.8) is 0 Å². The number of aromatic nitrogens is 2. The first-order valence-electron chi connectivity index (χ1n) is 4.85. The number of halogens is 5. The third-order valence-electron chi connectivity index (χ3n) is 2.10. The van der Waals surface area contributed by atoms with E-state index in [1.807, 2.05) is 0 Å². The van der Waals surface area contributed by atoms with E-state index in [1.54, 1.807) is 18.6 Å². The molecule has 0 spiro atoms. The maximum absolute atomic E-state index is 12.5. The fourth-order valence-electron chi connectivity index (χ4n) is 1.16. The zero-order chi connectivity index (χ0) is 14.0. The smallest absolute Gasteiger partial charge is 0.350 e. The van der Waals surface area contributed by atoms with Crippen LogP contribution < -0.4 is 5.32 Å². The number of carbonyl (C=O) groups excluding carboxylic acids is 1. The second-order valence-electron chi connectivity index (χ2n) is 3.60. The number of carbonyl (C=O) groups is 1. The van der Waals surface area contributed by atoms with Crippen molar-refractivity contribution in [2.24, 2.45) is 7.05 Å². The average Bonchev–Trinajstić information content (AvgIpc) is 2.62. The summed E-state index contributed by atoms with van der Waals surface area (Å²) in [5.41, 5.74) is 0.619. The molecular formula is C9H10F5N3O. The second kappa shape index (κ2) is 4.91. The molecule has 0 radical (unpaired) electrons. The lowest BCUT2D eigenvalue weighted by Crippen LogP contribution is -2.50. The molecule has 18 heavy (non-hydrogen) atoms. The molecule has 0 bridgehead atoms. The first kappa shape index (κ1) is 14.4. The Labute approximate surface area is 98.8 Å². The van der Waals surface area contributed by atoms with Gasteiger partial charge in [0.05, 0.1) is 6.20 Å². The molecule has 9 heteroatoms. The lowest BCUT2D eigenvalue weighted by molar-refractivity contribution is -0.269. The summed E-state index contributed by atoms with van der Waals surface area (Å²) >= 11 is 0. The molecule has 0 aliphatic carbocycles. The van der Waals surface area contributed by atoms with E-state index < -0.39 is 18.0 Å². The molecule has 1 N–H and O–H groups in total. The molecule has 4 nitrogen and oxygen atoms in total. The van der Waals surface area contributed by atoms with Gasteiger partial charge in [-0.15, -0.1) is 0 Å². The number of hydrogen-bond acceptors (Lipinski definition) is 2. The molecule has 0 aliphatic rings. The maximum Gasteiger partial charge on any atom is 0.463 e. The Kier molecular flexibility index (Phi) is 3.92. The summed E-state index contributed by atoms with van der Waals surface area (Å²) in [6.45, 7) is -0.323. The third kappa shape index (κ3) is 3.17. The molecule has 1 rings (SSSR count). The van der Waals surface area contributed by atoms with Gasteiger partial charge in [-0.2, -0.15) is 27.1 Å². The Hall–Kier alpha value is -1.67. The molecule has 0 saturated heterocycles. The van der Waals surface area contributed by atoms with Gasteiger partial charge in [-0.1, -0.05) is 0 Å². The SMILES string of the molecule is Cn1cc(CCNC(=O)C(F)(F)C(F)(F)F)cn1. The van der Waals surface area contributed by atoms with Gasteiger partial charge in [0.1, 0.15) is 0 Å². The van der Waals surface area contributed by atoms with Crippen molar-refractivity contribution in [2.45, 2.75) is 18.5 Å². The van der Waals surface area contributed by atoms with Gasteiger partial charge < -0.3 is 5.32 Å². The van der Waals surface area contributed by atoms with Gasteiger partial charge in [0.2, 0.25) is 0 Å². The van der Waals surface area contributed by atoms with E-state index in [2.05, 4.69) is 5.10 Å². The summed E-state index contributed by atoms with van der Waals surface area (Å²) < 4.78 is 61.9. The maximum atomic E-state index is 12.5. The van der Waals surface area contributed by atoms with Crippen molar-refractivity contribution in [3.8, 4) is 0 Å². The molecule has 0 aliphatic heterocycles. The number of nitrogens with one attached hydrogen (secondary N) is 1. The highest BCUT2D eigenvalue weighted by molar-refractivity contribution is 5.84. The van der Waals surface area contributed by atoms with Crippen LogP contribution in [0.15, 0.2) is 12.4 Å². The summed E-state index contributed by atoms with van der Waals surface area (Å²) in [7, 11) is 1.62. The van der Waals surface area contributed by atoms with Crippen molar-refractivity contribution < 1.29 is 26.7 Å². The van der Waals surface area contributed by atoms with E-state index in [1.165, 1.54) is 10.9 Å². The standard InChI is InChI=1S/C9H10F5N3O/c1-17-5-6(4-16-17)2-3-15-7(18)8(10,11)9(12,13)14/h4-5H,2-3H2,1H3,(H,15,18). The van der Waals surface area contributed by atoms with E-state index in [0.29, 0.717) is 5.56 Å². The highest BCUT2D eigenvalue weighted by Crippen LogP contribution is 2.35. The van der Waals surface area contributed by atoms with Crippen LogP contribution in [0.2, 0.25) is 0 Å². The number of aryl methyl sites for hydroxylation is 1. The Balaban J connectivity index is 2.47. The van der Waals surface area contributed by atoms with Crippen molar-refractivity contribution >= 4 is 5.91 Å². The number of nitrogens with zero attached hydrogens (tertiary/aromatic N) is 2. The molecule has 102 valence electrons. The number of alkyl halides is 5. The van der Waals surface area contributed by atoms with Gasteiger partial charge in [-0.3, -0.25) is 9.48 Å². The monoisotopic (exact) mass is 271 g/mol. The predicted octanol–water partition coefficient (Wildman–Crippen LogP) is 1.28. The first-order chi connectivity index (χ1) is 8.14. The predicted molar refractivity (Wildman–Crippen MR) is 50.9 cm³/mol. The van der Waals surface area contributed by atoms with Crippen LogP contribution in [-0.2, 0) is 18.3 Å². The molecule has 1 amide bonds. The minimum absolute atomic E-state index is 0.119. The van der Waals surface area contributed by atoms with Crippen molar-refractivity contribution in [1.82, 2.24) is 15.1 Å². The highest BCUT2D eigenvalue weighted by Gasteiger charge is 2.63. The van der Waals surface area contributed by atoms with E-state index >= 15 is 0 Å². The fourth-order valence-corrected chi connectivity index (χ4v) is 1.16. The summed E-state index contributed by atoms with van der Waals surface area (Å²) in [6.07, 6.45) is -2.78. The molecule has 0 atom stereocenters. The van der Waals surface area contributed by atoms with Crippen LogP contribution in [-0.4, -0.2) is 34.3 Å². The molecule has 0 aromatic carbocycles. The summed E-state index contributed by atoms with van der Waals surface area (Å²) in [6, 6.07) is 0. The van der Waals surface area contributed by atoms with Gasteiger partial charge in [-0.25, -0.2) is 0 Å². The zero-order valence-electron chi connectivity index (χ0n) is 9.26. The first-order valence-corrected chi connectivity index (χ1v) is 4.85.